The van der Waals surface area contributed by atoms with Crippen molar-refractivity contribution in [3.05, 3.63) is 36.5 Å². The number of carbonyl (C=O) groups is 1. The third-order valence-corrected chi connectivity index (χ3v) is 3.05. The predicted molar refractivity (Wildman–Crippen MR) is 70.3 cm³/mol. The van der Waals surface area contributed by atoms with Gasteiger partial charge in [-0.2, -0.15) is 0 Å². The topological polar surface area (TPSA) is 42.0 Å². The molecule has 0 saturated heterocycles. The molecule has 0 spiro atoms. The number of pyridine rings is 1. The Morgan fingerprint density at radius 1 is 1.41 bits per heavy atom. The fraction of sp³-hybridized carbons (Fsp3) is 0.231. The Bertz CT molecular complexity index is 536. The molecule has 0 aliphatic carbocycles. The number of carbonyl (C=O) groups excluding carboxylic acids is 1. The minimum Gasteiger partial charge on any atom is -0.325 e. The van der Waals surface area contributed by atoms with Crippen molar-refractivity contribution in [2.45, 2.75) is 6.92 Å². The summed E-state index contributed by atoms with van der Waals surface area (Å²) in [5, 5.41) is 3.81. The summed E-state index contributed by atoms with van der Waals surface area (Å²) >= 11 is 5.66. The molecule has 1 unspecified atom stereocenters. The van der Waals surface area contributed by atoms with Gasteiger partial charge in [-0.1, -0.05) is 13.0 Å². The Kier molecular flexibility index (Phi) is 3.59. The zero-order valence-electron chi connectivity index (χ0n) is 9.48. The second-order valence-corrected chi connectivity index (χ2v) is 4.23. The molecule has 0 fully saturated rings. The van der Waals surface area contributed by atoms with Crippen LogP contribution in [-0.2, 0) is 4.79 Å². The highest BCUT2D eigenvalue weighted by molar-refractivity contribution is 6.19. The van der Waals surface area contributed by atoms with E-state index in [4.69, 9.17) is 11.6 Å². The van der Waals surface area contributed by atoms with E-state index in [2.05, 4.69) is 10.3 Å². The van der Waals surface area contributed by atoms with E-state index in [-0.39, 0.29) is 11.8 Å². The predicted octanol–water partition coefficient (Wildman–Crippen LogP) is 3.05. The molecule has 1 aromatic heterocycles. The number of nitrogens with one attached hydrogen (secondary N) is 1. The van der Waals surface area contributed by atoms with Gasteiger partial charge in [-0.05, 0) is 24.3 Å². The van der Waals surface area contributed by atoms with Crippen molar-refractivity contribution in [1.82, 2.24) is 4.98 Å². The molecular formula is C13H13ClN2O. The molecule has 88 valence electrons. The van der Waals surface area contributed by atoms with Crippen LogP contribution >= 0.6 is 11.6 Å². The highest BCUT2D eigenvalue weighted by atomic mass is 35.5. The van der Waals surface area contributed by atoms with Crippen molar-refractivity contribution in [3.63, 3.8) is 0 Å². The monoisotopic (exact) mass is 248 g/mol. The zero-order chi connectivity index (χ0) is 12.3. The first-order chi connectivity index (χ1) is 8.22. The number of amides is 1. The number of benzene rings is 1. The Morgan fingerprint density at radius 2 is 2.24 bits per heavy atom. The Morgan fingerprint density at radius 3 is 3.00 bits per heavy atom. The maximum atomic E-state index is 11.8. The van der Waals surface area contributed by atoms with E-state index in [9.17, 15) is 4.79 Å². The number of anilines is 1. The fourth-order valence-electron chi connectivity index (χ4n) is 1.54. The van der Waals surface area contributed by atoms with Gasteiger partial charge in [-0.15, -0.1) is 11.6 Å². The maximum Gasteiger partial charge on any atom is 0.228 e. The van der Waals surface area contributed by atoms with Gasteiger partial charge in [-0.25, -0.2) is 0 Å². The normalized spacial score (nSPS) is 12.4. The van der Waals surface area contributed by atoms with Crippen LogP contribution in [0.25, 0.3) is 10.9 Å². The van der Waals surface area contributed by atoms with E-state index in [1.807, 2.05) is 30.3 Å². The van der Waals surface area contributed by atoms with Crippen molar-refractivity contribution in [2.75, 3.05) is 11.2 Å². The van der Waals surface area contributed by atoms with Gasteiger partial charge in [0.1, 0.15) is 0 Å². The highest BCUT2D eigenvalue weighted by Crippen LogP contribution is 2.21. The molecule has 2 aromatic rings. The summed E-state index contributed by atoms with van der Waals surface area (Å²) < 4.78 is 0. The van der Waals surface area contributed by atoms with E-state index >= 15 is 0 Å². The number of hydrogen-bond acceptors (Lipinski definition) is 2. The molecule has 0 radical (unpaired) electrons. The van der Waals surface area contributed by atoms with Crippen molar-refractivity contribution < 1.29 is 4.79 Å². The molecule has 1 atom stereocenters. The average molecular weight is 249 g/mol. The van der Waals surface area contributed by atoms with Gasteiger partial charge >= 0.3 is 0 Å². The van der Waals surface area contributed by atoms with Gasteiger partial charge < -0.3 is 5.32 Å². The first kappa shape index (κ1) is 11.9. The maximum absolute atomic E-state index is 11.8. The van der Waals surface area contributed by atoms with Crippen molar-refractivity contribution >= 4 is 34.1 Å². The van der Waals surface area contributed by atoms with E-state index < -0.39 is 0 Å². The fourth-order valence-corrected chi connectivity index (χ4v) is 1.68. The number of nitrogens with zero attached hydrogens (tertiary/aromatic N) is 1. The van der Waals surface area contributed by atoms with E-state index in [1.54, 1.807) is 13.1 Å². The van der Waals surface area contributed by atoms with Gasteiger partial charge in [0, 0.05) is 23.4 Å². The van der Waals surface area contributed by atoms with Gasteiger partial charge in [0.2, 0.25) is 5.91 Å². The first-order valence-electron chi connectivity index (χ1n) is 5.43. The van der Waals surface area contributed by atoms with Crippen molar-refractivity contribution in [2.24, 2.45) is 5.92 Å². The van der Waals surface area contributed by atoms with Crippen molar-refractivity contribution in [1.29, 1.82) is 0 Å². The number of rotatable bonds is 3. The summed E-state index contributed by atoms with van der Waals surface area (Å²) in [5.74, 6) is 0.0365. The molecule has 4 heteroatoms. The summed E-state index contributed by atoms with van der Waals surface area (Å²) in [4.78, 5) is 16.0. The minimum absolute atomic E-state index is 0.0728. The quantitative estimate of drug-likeness (QED) is 0.849. The lowest BCUT2D eigenvalue weighted by Crippen LogP contribution is -2.21. The second kappa shape index (κ2) is 5.15. The van der Waals surface area contributed by atoms with E-state index in [1.165, 1.54) is 0 Å². The van der Waals surface area contributed by atoms with Crippen LogP contribution in [0.5, 0.6) is 0 Å². The summed E-state index contributed by atoms with van der Waals surface area (Å²) in [6.45, 7) is 1.80. The molecule has 1 heterocycles. The lowest BCUT2D eigenvalue weighted by molar-refractivity contribution is -0.118. The number of halogens is 1. The zero-order valence-corrected chi connectivity index (χ0v) is 10.2. The molecule has 0 bridgehead atoms. The lowest BCUT2D eigenvalue weighted by Gasteiger charge is -2.11. The molecule has 1 N–H and O–H groups in total. The molecule has 3 nitrogen and oxygen atoms in total. The van der Waals surface area contributed by atoms with E-state index in [0.717, 1.165) is 16.6 Å². The van der Waals surface area contributed by atoms with Crippen LogP contribution in [-0.4, -0.2) is 16.8 Å². The smallest absolute Gasteiger partial charge is 0.228 e. The van der Waals surface area contributed by atoms with E-state index in [0.29, 0.717) is 5.88 Å². The second-order valence-electron chi connectivity index (χ2n) is 3.92. The van der Waals surface area contributed by atoms with Crippen LogP contribution in [0.15, 0.2) is 36.5 Å². The Labute approximate surface area is 105 Å². The van der Waals surface area contributed by atoms with Gasteiger partial charge in [0.05, 0.1) is 11.2 Å². The van der Waals surface area contributed by atoms with Crippen molar-refractivity contribution in [3.8, 4) is 0 Å². The molecular weight excluding hydrogens is 236 g/mol. The number of aromatic nitrogens is 1. The molecule has 2 rings (SSSR count). The van der Waals surface area contributed by atoms with Gasteiger partial charge in [0.15, 0.2) is 0 Å². The molecule has 0 saturated carbocycles. The number of hydrogen-bond donors (Lipinski definition) is 1. The molecule has 0 aliphatic heterocycles. The lowest BCUT2D eigenvalue weighted by atomic mass is 10.1. The van der Waals surface area contributed by atoms with Gasteiger partial charge in [-0.3, -0.25) is 9.78 Å². The summed E-state index contributed by atoms with van der Waals surface area (Å²) in [5.41, 5.74) is 1.64. The Balaban J connectivity index is 2.33. The molecule has 17 heavy (non-hydrogen) atoms. The minimum atomic E-state index is -0.205. The van der Waals surface area contributed by atoms with Crippen LogP contribution < -0.4 is 5.32 Å². The summed E-state index contributed by atoms with van der Waals surface area (Å²) in [7, 11) is 0. The SMILES string of the molecule is CC(CCl)C(=O)Nc1cccc2ncccc12. The van der Waals surface area contributed by atoms with Crippen LogP contribution in [0.1, 0.15) is 6.92 Å². The van der Waals surface area contributed by atoms with Crippen LogP contribution in [0, 0.1) is 5.92 Å². The standard InChI is InChI=1S/C13H13ClN2O/c1-9(8-14)13(17)16-12-6-2-5-11-10(12)4-3-7-15-11/h2-7,9H,8H2,1H3,(H,16,17). The number of alkyl halides is 1. The number of fused-ring (bicyclic) bond motifs is 1. The first-order valence-corrected chi connectivity index (χ1v) is 5.96. The molecule has 1 amide bonds. The molecule has 0 aliphatic rings. The summed E-state index contributed by atoms with van der Waals surface area (Å²) in [6, 6.07) is 9.43. The molecule has 1 aromatic carbocycles. The van der Waals surface area contributed by atoms with Crippen LogP contribution in [0.3, 0.4) is 0 Å². The van der Waals surface area contributed by atoms with Crippen LogP contribution in [0.2, 0.25) is 0 Å². The third-order valence-electron chi connectivity index (χ3n) is 2.58. The highest BCUT2D eigenvalue weighted by Gasteiger charge is 2.12. The summed E-state index contributed by atoms with van der Waals surface area (Å²) in [6.07, 6.45) is 1.73. The third kappa shape index (κ3) is 2.56. The largest absolute Gasteiger partial charge is 0.325 e. The Hall–Kier alpha value is -1.61. The van der Waals surface area contributed by atoms with Gasteiger partial charge in [0.25, 0.3) is 0 Å². The van der Waals surface area contributed by atoms with Crippen LogP contribution in [0.4, 0.5) is 5.69 Å². The average Bonchev–Trinajstić information content (AvgIpc) is 2.38.